The van der Waals surface area contributed by atoms with E-state index in [1.807, 2.05) is 6.20 Å². The Balaban J connectivity index is 1.91. The van der Waals surface area contributed by atoms with Gasteiger partial charge in [-0.05, 0) is 31.8 Å². The van der Waals surface area contributed by atoms with Crippen LogP contribution in [0.3, 0.4) is 0 Å². The highest BCUT2D eigenvalue weighted by molar-refractivity contribution is 5.21. The minimum atomic E-state index is -0.238. The van der Waals surface area contributed by atoms with E-state index >= 15 is 0 Å². The van der Waals surface area contributed by atoms with E-state index in [-0.39, 0.29) is 5.56 Å². The number of hydrogen-bond acceptors (Lipinski definition) is 5. The molecule has 6 heteroatoms. The van der Waals surface area contributed by atoms with E-state index in [0.29, 0.717) is 11.6 Å². The molecule has 0 fully saturated rings. The largest absolute Gasteiger partial charge is 0.306 e. The Morgan fingerprint density at radius 3 is 3.00 bits per heavy atom. The number of H-pyrrole nitrogens is 1. The van der Waals surface area contributed by atoms with Gasteiger partial charge in [0, 0.05) is 6.20 Å². The summed E-state index contributed by atoms with van der Waals surface area (Å²) in [5.41, 5.74) is 7.10. The number of nitrogens with one attached hydrogen (secondary N) is 3. The molecule has 1 aromatic heterocycles. The lowest BCUT2D eigenvalue weighted by Gasteiger charge is -2.09. The highest BCUT2D eigenvalue weighted by Crippen LogP contribution is 2.15. The molecule has 0 saturated heterocycles. The van der Waals surface area contributed by atoms with Crippen LogP contribution in [0.2, 0.25) is 0 Å². The van der Waals surface area contributed by atoms with Crippen molar-refractivity contribution in [2.45, 2.75) is 26.2 Å². The molecule has 90 valence electrons. The van der Waals surface area contributed by atoms with Gasteiger partial charge in [-0.1, -0.05) is 12.2 Å². The Morgan fingerprint density at radius 1 is 1.41 bits per heavy atom. The first-order valence-corrected chi connectivity index (χ1v) is 5.54. The molecule has 0 bridgehead atoms. The smallest absolute Gasteiger partial charge is 0.274 e. The molecule has 0 aliphatic heterocycles. The van der Waals surface area contributed by atoms with Crippen molar-refractivity contribution >= 4 is 5.95 Å². The predicted octanol–water partition coefficient (Wildman–Crippen LogP) is 1.01. The molecular weight excluding hydrogens is 218 g/mol. The van der Waals surface area contributed by atoms with Gasteiger partial charge in [-0.3, -0.25) is 15.2 Å². The molecule has 1 aliphatic carbocycles. The molecule has 0 saturated carbocycles. The summed E-state index contributed by atoms with van der Waals surface area (Å²) in [6.07, 6.45) is 9.31. The van der Waals surface area contributed by atoms with Gasteiger partial charge >= 0.3 is 0 Å². The third-order valence-electron chi connectivity index (χ3n) is 2.51. The molecule has 0 radical (unpaired) electrons. The number of aromatic nitrogens is 3. The maximum atomic E-state index is 11.3. The summed E-state index contributed by atoms with van der Waals surface area (Å²) in [5.74, 6) is 0.309. The van der Waals surface area contributed by atoms with Gasteiger partial charge in [0.05, 0.1) is 0 Å². The standard InChI is InChI=1S/C11H15N5O/c1-8-10(17)13-11(16-14-8)15-12-7-9-5-3-2-4-6-9/h2-3,7,12H,4-6H2,1H3,(H2,13,15,16,17). The average Bonchev–Trinajstić information content (AvgIpc) is 2.35. The first-order valence-electron chi connectivity index (χ1n) is 5.54. The van der Waals surface area contributed by atoms with Gasteiger partial charge in [0.1, 0.15) is 5.69 Å². The van der Waals surface area contributed by atoms with Gasteiger partial charge in [0.2, 0.25) is 5.95 Å². The van der Waals surface area contributed by atoms with Crippen molar-refractivity contribution in [1.82, 2.24) is 20.6 Å². The molecule has 1 aromatic rings. The third-order valence-corrected chi connectivity index (χ3v) is 2.51. The number of hydrazine groups is 1. The quantitative estimate of drug-likeness (QED) is 0.536. The van der Waals surface area contributed by atoms with E-state index in [0.717, 1.165) is 19.3 Å². The molecule has 1 aliphatic rings. The molecule has 3 N–H and O–H groups in total. The Kier molecular flexibility index (Phi) is 3.54. The number of allylic oxidation sites excluding steroid dienone is 3. The Hall–Kier alpha value is -2.11. The zero-order chi connectivity index (χ0) is 12.1. The second kappa shape index (κ2) is 5.29. The Labute approximate surface area is 98.8 Å². The maximum Gasteiger partial charge on any atom is 0.274 e. The first kappa shape index (κ1) is 11.4. The third kappa shape index (κ3) is 3.17. The van der Waals surface area contributed by atoms with Crippen LogP contribution in [0, 0.1) is 6.92 Å². The van der Waals surface area contributed by atoms with Crippen molar-refractivity contribution in [3.63, 3.8) is 0 Å². The van der Waals surface area contributed by atoms with Crippen LogP contribution < -0.4 is 16.4 Å². The van der Waals surface area contributed by atoms with Crippen molar-refractivity contribution in [3.8, 4) is 0 Å². The summed E-state index contributed by atoms with van der Waals surface area (Å²) < 4.78 is 0. The minimum Gasteiger partial charge on any atom is -0.306 e. The lowest BCUT2D eigenvalue weighted by Crippen LogP contribution is -2.23. The van der Waals surface area contributed by atoms with Crippen molar-refractivity contribution in [2.75, 3.05) is 5.43 Å². The number of aryl methyl sites for hydroxylation is 1. The van der Waals surface area contributed by atoms with E-state index in [9.17, 15) is 4.79 Å². The summed E-state index contributed by atoms with van der Waals surface area (Å²) in [5, 5.41) is 7.52. The molecule has 2 rings (SSSR count). The molecule has 0 atom stereocenters. The minimum absolute atomic E-state index is 0.238. The lowest BCUT2D eigenvalue weighted by atomic mass is 10.0. The van der Waals surface area contributed by atoms with E-state index in [1.165, 1.54) is 5.57 Å². The summed E-state index contributed by atoms with van der Waals surface area (Å²) >= 11 is 0. The van der Waals surface area contributed by atoms with Crippen LogP contribution >= 0.6 is 0 Å². The Morgan fingerprint density at radius 2 is 2.29 bits per heavy atom. The molecule has 17 heavy (non-hydrogen) atoms. The number of anilines is 1. The SMILES string of the molecule is Cc1nnc(NNC=C2CC=CCC2)[nH]c1=O. The first-order chi connectivity index (χ1) is 8.25. The number of rotatable bonds is 3. The molecule has 0 unspecified atom stereocenters. The van der Waals surface area contributed by atoms with Gasteiger partial charge in [0.15, 0.2) is 0 Å². The van der Waals surface area contributed by atoms with Gasteiger partial charge < -0.3 is 5.43 Å². The average molecular weight is 233 g/mol. The van der Waals surface area contributed by atoms with Gasteiger partial charge in [-0.2, -0.15) is 0 Å². The highest BCUT2D eigenvalue weighted by Gasteiger charge is 2.00. The lowest BCUT2D eigenvalue weighted by molar-refractivity contribution is 0.845. The fourth-order valence-electron chi connectivity index (χ4n) is 1.51. The van der Waals surface area contributed by atoms with E-state index in [1.54, 1.807) is 6.92 Å². The fourth-order valence-corrected chi connectivity index (χ4v) is 1.51. The van der Waals surface area contributed by atoms with Crippen molar-refractivity contribution < 1.29 is 0 Å². The van der Waals surface area contributed by atoms with Crippen LogP contribution in [0.5, 0.6) is 0 Å². The highest BCUT2D eigenvalue weighted by atomic mass is 16.1. The summed E-state index contributed by atoms with van der Waals surface area (Å²) in [7, 11) is 0. The second-order valence-electron chi connectivity index (χ2n) is 3.87. The van der Waals surface area contributed by atoms with Gasteiger partial charge in [0.25, 0.3) is 5.56 Å². The van der Waals surface area contributed by atoms with Gasteiger partial charge in [-0.25, -0.2) is 0 Å². The fraction of sp³-hybridized carbons (Fsp3) is 0.364. The molecule has 0 spiro atoms. The monoisotopic (exact) mass is 233 g/mol. The predicted molar refractivity (Wildman–Crippen MR) is 65.2 cm³/mol. The summed E-state index contributed by atoms with van der Waals surface area (Å²) in [6, 6.07) is 0. The van der Waals surface area contributed by atoms with Crippen LogP contribution in [0.1, 0.15) is 25.0 Å². The van der Waals surface area contributed by atoms with Crippen molar-refractivity contribution in [2.24, 2.45) is 0 Å². The topological polar surface area (TPSA) is 82.7 Å². The van der Waals surface area contributed by atoms with Crippen LogP contribution in [-0.4, -0.2) is 15.2 Å². The van der Waals surface area contributed by atoms with Crippen molar-refractivity contribution in [1.29, 1.82) is 0 Å². The summed E-state index contributed by atoms with van der Waals surface area (Å²) in [6.45, 7) is 1.61. The second-order valence-corrected chi connectivity index (χ2v) is 3.87. The normalized spacial score (nSPS) is 17.1. The van der Waals surface area contributed by atoms with Gasteiger partial charge in [-0.15, -0.1) is 10.2 Å². The maximum absolute atomic E-state index is 11.3. The molecular formula is C11H15N5O. The molecule has 0 amide bonds. The van der Waals surface area contributed by atoms with Crippen LogP contribution in [0.4, 0.5) is 5.95 Å². The van der Waals surface area contributed by atoms with Crippen LogP contribution in [0.25, 0.3) is 0 Å². The van der Waals surface area contributed by atoms with Crippen LogP contribution in [0.15, 0.2) is 28.7 Å². The Bertz CT molecular complexity index is 503. The van der Waals surface area contributed by atoms with Crippen LogP contribution in [-0.2, 0) is 0 Å². The summed E-state index contributed by atoms with van der Waals surface area (Å²) in [4.78, 5) is 13.8. The van der Waals surface area contributed by atoms with E-state index in [2.05, 4.69) is 38.2 Å². The van der Waals surface area contributed by atoms with E-state index < -0.39 is 0 Å². The number of hydrogen-bond donors (Lipinski definition) is 3. The zero-order valence-electron chi connectivity index (χ0n) is 9.66. The zero-order valence-corrected chi connectivity index (χ0v) is 9.66. The number of aromatic amines is 1. The van der Waals surface area contributed by atoms with E-state index in [4.69, 9.17) is 0 Å². The number of nitrogens with zero attached hydrogens (tertiary/aromatic N) is 2. The molecule has 0 aromatic carbocycles. The van der Waals surface area contributed by atoms with Crippen molar-refractivity contribution in [3.05, 3.63) is 40.0 Å². The molecule has 1 heterocycles. The molecule has 6 nitrogen and oxygen atoms in total.